The number of benzene rings is 2. The van der Waals surface area contributed by atoms with Gasteiger partial charge in [0.2, 0.25) is 0 Å². The molecule has 0 saturated carbocycles. The number of carbonyl (C=O) groups is 1. The first-order valence-corrected chi connectivity index (χ1v) is 11.4. The topological polar surface area (TPSA) is 91.6 Å². The standard InChI is InChI=1S/C26H28ClN3O3/c1-17-5-3-4-6-23(17)24(14-25(30-33)20-11-12-28-18(2)13-20)19-7-9-22(10-8-19)29-16-21(15-27)26(31)32/h3-13,21,24-25,29H,14-16H2,1-2H3,(H,31,32). The van der Waals surface area contributed by atoms with Crippen LogP contribution in [0.4, 0.5) is 5.69 Å². The summed E-state index contributed by atoms with van der Waals surface area (Å²) in [5.41, 5.74) is 5.86. The largest absolute Gasteiger partial charge is 0.481 e. The molecule has 3 unspecified atom stereocenters. The van der Waals surface area contributed by atoms with Crippen LogP contribution in [0, 0.1) is 24.7 Å². The molecule has 33 heavy (non-hydrogen) atoms. The van der Waals surface area contributed by atoms with Crippen molar-refractivity contribution in [3.05, 3.63) is 99.7 Å². The molecule has 0 aliphatic carbocycles. The van der Waals surface area contributed by atoms with Crippen LogP contribution in [-0.4, -0.2) is 28.5 Å². The lowest BCUT2D eigenvalue weighted by Crippen LogP contribution is -2.24. The summed E-state index contributed by atoms with van der Waals surface area (Å²) in [7, 11) is 0. The Morgan fingerprint density at radius 2 is 1.82 bits per heavy atom. The molecule has 0 radical (unpaired) electrons. The molecule has 1 heterocycles. The summed E-state index contributed by atoms with van der Waals surface area (Å²) in [6, 6.07) is 19.3. The molecule has 2 N–H and O–H groups in total. The van der Waals surface area contributed by atoms with Gasteiger partial charge in [-0.15, -0.1) is 11.6 Å². The fourth-order valence-corrected chi connectivity index (χ4v) is 4.18. The average molecular weight is 466 g/mol. The van der Waals surface area contributed by atoms with E-state index in [1.807, 2.05) is 55.5 Å². The third-order valence-electron chi connectivity index (χ3n) is 5.86. The maximum atomic E-state index is 11.8. The van der Waals surface area contributed by atoms with Crippen LogP contribution >= 0.6 is 11.6 Å². The fourth-order valence-electron chi connectivity index (χ4n) is 3.94. The van der Waals surface area contributed by atoms with Crippen molar-refractivity contribution in [3.8, 4) is 0 Å². The smallest absolute Gasteiger partial charge is 0.309 e. The summed E-state index contributed by atoms with van der Waals surface area (Å²) in [5, 5.41) is 15.8. The normalized spacial score (nSPS) is 13.7. The molecule has 0 saturated heterocycles. The molecule has 1 aromatic heterocycles. The predicted molar refractivity (Wildman–Crippen MR) is 132 cm³/mol. The molecule has 172 valence electrons. The summed E-state index contributed by atoms with van der Waals surface area (Å²) in [6.07, 6.45) is 2.23. The number of rotatable bonds is 11. The number of anilines is 1. The van der Waals surface area contributed by atoms with Crippen LogP contribution in [0.2, 0.25) is 0 Å². The Balaban J connectivity index is 1.88. The van der Waals surface area contributed by atoms with Gasteiger partial charge in [0.15, 0.2) is 0 Å². The van der Waals surface area contributed by atoms with E-state index >= 15 is 0 Å². The zero-order valence-electron chi connectivity index (χ0n) is 18.7. The zero-order chi connectivity index (χ0) is 23.8. The van der Waals surface area contributed by atoms with Gasteiger partial charge in [-0.2, -0.15) is 4.91 Å². The maximum Gasteiger partial charge on any atom is 0.309 e. The third kappa shape index (κ3) is 6.39. The van der Waals surface area contributed by atoms with Gasteiger partial charge in [-0.25, -0.2) is 0 Å². The number of aryl methyl sites for hydroxylation is 2. The van der Waals surface area contributed by atoms with Gasteiger partial charge in [-0.05, 0) is 66.8 Å². The quantitative estimate of drug-likeness (QED) is 0.264. The number of carboxylic acid groups (broad SMARTS) is 1. The second kappa shape index (κ2) is 11.6. The molecular formula is C26H28ClN3O3. The van der Waals surface area contributed by atoms with E-state index in [2.05, 4.69) is 34.5 Å². The lowest BCUT2D eigenvalue weighted by atomic mass is 9.82. The number of hydrogen-bond donors (Lipinski definition) is 2. The SMILES string of the molecule is Cc1cc(C(CC(c2ccc(NCC(CCl)C(=O)O)cc2)c2ccccc2C)N=O)ccn1. The number of aliphatic carboxylic acids is 1. The van der Waals surface area contributed by atoms with Crippen LogP contribution in [-0.2, 0) is 4.79 Å². The molecule has 0 bridgehead atoms. The summed E-state index contributed by atoms with van der Waals surface area (Å²) in [6.45, 7) is 4.21. The first-order valence-electron chi connectivity index (χ1n) is 10.9. The van der Waals surface area contributed by atoms with Crippen LogP contribution < -0.4 is 5.32 Å². The number of halogens is 1. The highest BCUT2D eigenvalue weighted by molar-refractivity contribution is 6.19. The second-order valence-electron chi connectivity index (χ2n) is 8.19. The van der Waals surface area contributed by atoms with Gasteiger partial charge in [-0.1, -0.05) is 41.6 Å². The van der Waals surface area contributed by atoms with Gasteiger partial charge < -0.3 is 10.4 Å². The predicted octanol–water partition coefficient (Wildman–Crippen LogP) is 6.08. The molecule has 3 aromatic rings. The molecular weight excluding hydrogens is 438 g/mol. The van der Waals surface area contributed by atoms with Gasteiger partial charge in [0.05, 0.1) is 5.92 Å². The van der Waals surface area contributed by atoms with Crippen molar-refractivity contribution in [3.63, 3.8) is 0 Å². The molecule has 0 aliphatic rings. The van der Waals surface area contributed by atoms with Crippen molar-refractivity contribution in [2.45, 2.75) is 32.2 Å². The monoisotopic (exact) mass is 465 g/mol. The fraction of sp³-hybridized carbons (Fsp3) is 0.308. The second-order valence-corrected chi connectivity index (χ2v) is 8.50. The lowest BCUT2D eigenvalue weighted by molar-refractivity contribution is -0.140. The Bertz CT molecular complexity index is 1090. The molecule has 0 aliphatic heterocycles. The molecule has 3 atom stereocenters. The summed E-state index contributed by atoms with van der Waals surface area (Å²) in [5.74, 6) is -1.57. The molecule has 6 nitrogen and oxygen atoms in total. The van der Waals surface area contributed by atoms with Crippen LogP contribution in [0.3, 0.4) is 0 Å². The Kier molecular flexibility index (Phi) is 8.55. The molecule has 0 fully saturated rings. The Morgan fingerprint density at radius 3 is 2.42 bits per heavy atom. The maximum absolute atomic E-state index is 11.8. The van der Waals surface area contributed by atoms with E-state index in [0.717, 1.165) is 33.6 Å². The molecule has 3 rings (SSSR count). The van der Waals surface area contributed by atoms with E-state index in [0.29, 0.717) is 6.42 Å². The molecule has 0 spiro atoms. The molecule has 2 aromatic carbocycles. The molecule has 7 heteroatoms. The van der Waals surface area contributed by atoms with Crippen molar-refractivity contribution < 1.29 is 9.90 Å². The third-order valence-corrected chi connectivity index (χ3v) is 6.23. The summed E-state index contributed by atoms with van der Waals surface area (Å²) in [4.78, 5) is 27.3. The van der Waals surface area contributed by atoms with Gasteiger partial charge in [0, 0.05) is 35.9 Å². The minimum absolute atomic E-state index is 0.0361. The van der Waals surface area contributed by atoms with E-state index in [1.54, 1.807) is 6.20 Å². The van der Waals surface area contributed by atoms with E-state index in [1.165, 1.54) is 0 Å². The van der Waals surface area contributed by atoms with Crippen molar-refractivity contribution in [2.24, 2.45) is 11.1 Å². The first-order chi connectivity index (χ1) is 15.9. The van der Waals surface area contributed by atoms with E-state index in [9.17, 15) is 14.8 Å². The van der Waals surface area contributed by atoms with E-state index in [-0.39, 0.29) is 18.3 Å². The van der Waals surface area contributed by atoms with Crippen molar-refractivity contribution in [1.82, 2.24) is 4.98 Å². The van der Waals surface area contributed by atoms with Crippen LogP contribution in [0.1, 0.15) is 46.3 Å². The number of aromatic nitrogens is 1. The van der Waals surface area contributed by atoms with E-state index < -0.39 is 17.9 Å². The van der Waals surface area contributed by atoms with Crippen LogP contribution in [0.5, 0.6) is 0 Å². The summed E-state index contributed by atoms with van der Waals surface area (Å²) >= 11 is 5.74. The lowest BCUT2D eigenvalue weighted by Gasteiger charge is -2.23. The highest BCUT2D eigenvalue weighted by Gasteiger charge is 2.24. The number of pyridine rings is 1. The van der Waals surface area contributed by atoms with Crippen molar-refractivity contribution in [1.29, 1.82) is 0 Å². The van der Waals surface area contributed by atoms with Gasteiger partial charge in [0.25, 0.3) is 0 Å². The van der Waals surface area contributed by atoms with Gasteiger partial charge in [0.1, 0.15) is 6.04 Å². The first kappa shape index (κ1) is 24.4. The molecule has 0 amide bonds. The average Bonchev–Trinajstić information content (AvgIpc) is 2.81. The number of nitrogens with zero attached hydrogens (tertiary/aromatic N) is 2. The van der Waals surface area contributed by atoms with Gasteiger partial charge in [-0.3, -0.25) is 9.78 Å². The van der Waals surface area contributed by atoms with Gasteiger partial charge >= 0.3 is 5.97 Å². The highest BCUT2D eigenvalue weighted by atomic mass is 35.5. The number of carboxylic acids is 1. The van der Waals surface area contributed by atoms with Crippen LogP contribution in [0.15, 0.2) is 72.0 Å². The van der Waals surface area contributed by atoms with Crippen LogP contribution in [0.25, 0.3) is 0 Å². The van der Waals surface area contributed by atoms with Crippen molar-refractivity contribution >= 4 is 23.3 Å². The Hall–Kier alpha value is -3.25. The zero-order valence-corrected chi connectivity index (χ0v) is 19.5. The number of nitrogens with one attached hydrogen (secondary N) is 1. The summed E-state index contributed by atoms with van der Waals surface area (Å²) < 4.78 is 0. The highest BCUT2D eigenvalue weighted by Crippen LogP contribution is 2.37. The minimum atomic E-state index is -0.924. The Labute approximate surface area is 199 Å². The minimum Gasteiger partial charge on any atom is -0.481 e. The number of nitroso groups, excluding NO2 is 1. The number of hydrogen-bond acceptors (Lipinski definition) is 5. The Morgan fingerprint density at radius 1 is 1.09 bits per heavy atom. The number of alkyl halides is 1. The van der Waals surface area contributed by atoms with E-state index in [4.69, 9.17) is 11.6 Å². The van der Waals surface area contributed by atoms with Crippen molar-refractivity contribution in [2.75, 3.05) is 17.7 Å².